The molecule has 0 aliphatic carbocycles. The first-order valence-electron chi connectivity index (χ1n) is 7.03. The number of rotatable bonds is 10. The summed E-state index contributed by atoms with van der Waals surface area (Å²) in [5, 5.41) is 3.73. The number of hydrogen-bond acceptors (Lipinski definition) is 1. The van der Waals surface area contributed by atoms with Gasteiger partial charge in [-0.1, -0.05) is 59.8 Å². The first kappa shape index (κ1) is 15.0. The zero-order valence-electron chi connectivity index (χ0n) is 11.3. The smallest absolute Gasteiger partial charge is 0.00951 e. The molecule has 0 aliphatic rings. The van der Waals surface area contributed by atoms with Gasteiger partial charge < -0.3 is 5.32 Å². The van der Waals surface area contributed by atoms with Gasteiger partial charge in [-0.05, 0) is 25.3 Å². The van der Waals surface area contributed by atoms with Gasteiger partial charge in [0.25, 0.3) is 0 Å². The molecule has 0 heterocycles. The number of hydrogen-bond donors (Lipinski definition) is 1. The summed E-state index contributed by atoms with van der Waals surface area (Å²) in [7, 11) is 0. The van der Waals surface area contributed by atoms with Gasteiger partial charge in [0, 0.05) is 6.04 Å². The molecule has 92 valence electrons. The van der Waals surface area contributed by atoms with E-state index >= 15 is 0 Å². The highest BCUT2D eigenvalue weighted by molar-refractivity contribution is 4.74. The van der Waals surface area contributed by atoms with Gasteiger partial charge in [0.05, 0.1) is 0 Å². The topological polar surface area (TPSA) is 12.0 Å². The molecule has 0 aromatic carbocycles. The lowest BCUT2D eigenvalue weighted by molar-refractivity contribution is 0.310. The minimum atomic E-state index is 0.770. The van der Waals surface area contributed by atoms with E-state index in [4.69, 9.17) is 0 Å². The molecule has 0 radical (unpaired) electrons. The zero-order valence-corrected chi connectivity index (χ0v) is 11.3. The Morgan fingerprint density at radius 1 is 0.867 bits per heavy atom. The summed E-state index contributed by atoms with van der Waals surface area (Å²) in [6, 6.07) is 0.770. The molecule has 0 aromatic rings. The van der Waals surface area contributed by atoms with Crippen LogP contribution in [0.15, 0.2) is 0 Å². The Morgan fingerprint density at radius 2 is 1.53 bits per heavy atom. The van der Waals surface area contributed by atoms with Crippen molar-refractivity contribution >= 4 is 0 Å². The highest BCUT2D eigenvalue weighted by atomic mass is 14.9. The van der Waals surface area contributed by atoms with Crippen molar-refractivity contribution in [2.24, 2.45) is 5.92 Å². The van der Waals surface area contributed by atoms with E-state index in [1.54, 1.807) is 0 Å². The maximum atomic E-state index is 3.73. The molecular formula is C14H31N. The monoisotopic (exact) mass is 213 g/mol. The zero-order chi connectivity index (χ0) is 11.5. The van der Waals surface area contributed by atoms with Crippen LogP contribution in [0.2, 0.25) is 0 Å². The normalized spacial score (nSPS) is 13.4. The fourth-order valence-corrected chi connectivity index (χ4v) is 2.31. The Labute approximate surface area is 97.0 Å². The molecule has 1 atom stereocenters. The average molecular weight is 213 g/mol. The van der Waals surface area contributed by atoms with E-state index in [1.807, 2.05) is 0 Å². The van der Waals surface area contributed by atoms with E-state index in [0.717, 1.165) is 12.0 Å². The number of nitrogens with one attached hydrogen (secondary N) is 1. The second kappa shape index (κ2) is 10.5. The van der Waals surface area contributed by atoms with Crippen LogP contribution in [0.3, 0.4) is 0 Å². The molecule has 0 saturated heterocycles. The third kappa shape index (κ3) is 6.94. The fraction of sp³-hybridized carbons (Fsp3) is 1.00. The maximum Gasteiger partial charge on any atom is 0.00951 e. The van der Waals surface area contributed by atoms with Crippen molar-refractivity contribution < 1.29 is 0 Å². The first-order valence-corrected chi connectivity index (χ1v) is 7.03. The second-order valence-electron chi connectivity index (χ2n) is 4.63. The molecule has 1 heteroatoms. The average Bonchev–Trinajstić information content (AvgIpc) is 2.26. The minimum absolute atomic E-state index is 0.770. The van der Waals surface area contributed by atoms with Gasteiger partial charge >= 0.3 is 0 Å². The summed E-state index contributed by atoms with van der Waals surface area (Å²) in [4.78, 5) is 0. The molecule has 0 spiro atoms. The summed E-state index contributed by atoms with van der Waals surface area (Å²) in [6.45, 7) is 10.4. The van der Waals surface area contributed by atoms with Gasteiger partial charge in [0.15, 0.2) is 0 Å². The lowest BCUT2D eigenvalue weighted by Gasteiger charge is -2.26. The van der Waals surface area contributed by atoms with Crippen molar-refractivity contribution in [2.75, 3.05) is 6.54 Å². The van der Waals surface area contributed by atoms with Gasteiger partial charge in [-0.15, -0.1) is 0 Å². The molecule has 15 heavy (non-hydrogen) atoms. The summed E-state index contributed by atoms with van der Waals surface area (Å²) in [5.74, 6) is 0.883. The van der Waals surface area contributed by atoms with Crippen molar-refractivity contribution in [1.29, 1.82) is 0 Å². The van der Waals surface area contributed by atoms with Crippen molar-refractivity contribution in [2.45, 2.75) is 78.7 Å². The van der Waals surface area contributed by atoms with E-state index in [0.29, 0.717) is 0 Å². The van der Waals surface area contributed by atoms with Crippen molar-refractivity contribution in [3.05, 3.63) is 0 Å². The van der Waals surface area contributed by atoms with Crippen LogP contribution in [0.25, 0.3) is 0 Å². The van der Waals surface area contributed by atoms with Gasteiger partial charge in [-0.25, -0.2) is 0 Å². The largest absolute Gasteiger partial charge is 0.314 e. The third-order valence-corrected chi connectivity index (χ3v) is 3.39. The summed E-state index contributed by atoms with van der Waals surface area (Å²) >= 11 is 0. The van der Waals surface area contributed by atoms with Crippen molar-refractivity contribution in [3.8, 4) is 0 Å². The van der Waals surface area contributed by atoms with Crippen LogP contribution in [0.1, 0.15) is 72.6 Å². The van der Waals surface area contributed by atoms with E-state index < -0.39 is 0 Å². The summed E-state index contributed by atoms with van der Waals surface area (Å²) in [6.07, 6.45) is 9.40. The predicted molar refractivity (Wildman–Crippen MR) is 70.3 cm³/mol. The van der Waals surface area contributed by atoms with E-state index in [-0.39, 0.29) is 0 Å². The molecule has 0 saturated carbocycles. The molecule has 0 amide bonds. The summed E-state index contributed by atoms with van der Waals surface area (Å²) < 4.78 is 0. The Morgan fingerprint density at radius 3 is 2.00 bits per heavy atom. The van der Waals surface area contributed by atoms with Crippen LogP contribution in [0, 0.1) is 5.92 Å². The Hall–Kier alpha value is -0.0400. The third-order valence-electron chi connectivity index (χ3n) is 3.39. The van der Waals surface area contributed by atoms with Crippen LogP contribution in [-0.2, 0) is 0 Å². The lowest BCUT2D eigenvalue weighted by Crippen LogP contribution is -2.36. The van der Waals surface area contributed by atoms with Crippen LogP contribution >= 0.6 is 0 Å². The van der Waals surface area contributed by atoms with Crippen LogP contribution in [0.4, 0.5) is 0 Å². The fourth-order valence-electron chi connectivity index (χ4n) is 2.31. The molecule has 0 aliphatic heterocycles. The second-order valence-corrected chi connectivity index (χ2v) is 4.63. The van der Waals surface area contributed by atoms with E-state index in [2.05, 4.69) is 33.0 Å². The highest BCUT2D eigenvalue weighted by Gasteiger charge is 2.16. The van der Waals surface area contributed by atoms with Crippen LogP contribution in [-0.4, -0.2) is 12.6 Å². The first-order chi connectivity index (χ1) is 7.29. The lowest BCUT2D eigenvalue weighted by atomic mass is 9.90. The predicted octanol–water partition coefficient (Wildman–Crippen LogP) is 4.37. The molecular weight excluding hydrogens is 182 g/mol. The highest BCUT2D eigenvalue weighted by Crippen LogP contribution is 2.18. The van der Waals surface area contributed by atoms with Crippen LogP contribution in [0.5, 0.6) is 0 Å². The van der Waals surface area contributed by atoms with E-state index in [9.17, 15) is 0 Å². The number of unbranched alkanes of at least 4 members (excludes halogenated alkanes) is 2. The van der Waals surface area contributed by atoms with Crippen LogP contribution < -0.4 is 5.32 Å². The Bertz CT molecular complexity index is 119. The van der Waals surface area contributed by atoms with Gasteiger partial charge in [0.2, 0.25) is 0 Å². The molecule has 1 nitrogen and oxygen atoms in total. The van der Waals surface area contributed by atoms with Gasteiger partial charge in [-0.3, -0.25) is 0 Å². The standard InChI is InChI=1S/C14H31N/c1-5-9-10-11-14(15-12-6-2)13(7-3)8-4/h13-15H,5-12H2,1-4H3. The molecule has 0 bridgehead atoms. The molecule has 1 unspecified atom stereocenters. The summed E-state index contributed by atoms with van der Waals surface area (Å²) in [5.41, 5.74) is 0. The molecule has 0 fully saturated rings. The Balaban J connectivity index is 3.91. The van der Waals surface area contributed by atoms with E-state index in [1.165, 1.54) is 51.5 Å². The maximum absolute atomic E-state index is 3.73. The van der Waals surface area contributed by atoms with Crippen molar-refractivity contribution in [3.63, 3.8) is 0 Å². The van der Waals surface area contributed by atoms with Gasteiger partial charge in [-0.2, -0.15) is 0 Å². The van der Waals surface area contributed by atoms with Gasteiger partial charge in [0.1, 0.15) is 0 Å². The Kier molecular flexibility index (Phi) is 10.4. The SMILES string of the molecule is CCCCCC(NCCC)C(CC)CC. The quantitative estimate of drug-likeness (QED) is 0.531. The minimum Gasteiger partial charge on any atom is -0.314 e. The van der Waals surface area contributed by atoms with Crippen molar-refractivity contribution in [1.82, 2.24) is 5.32 Å². The molecule has 1 N–H and O–H groups in total. The molecule has 0 aromatic heterocycles. The molecule has 0 rings (SSSR count).